The number of rotatable bonds is 1. The Bertz CT molecular complexity index is 231. The zero-order valence-electron chi connectivity index (χ0n) is 13.0. The lowest BCUT2D eigenvalue weighted by Gasteiger charge is -2.35. The Kier molecular flexibility index (Phi) is 7.98. The van der Waals surface area contributed by atoms with Crippen molar-refractivity contribution in [1.29, 1.82) is 0 Å². The van der Waals surface area contributed by atoms with Crippen LogP contribution in [-0.4, -0.2) is 6.18 Å². The zero-order chi connectivity index (χ0) is 14.9. The van der Waals surface area contributed by atoms with Crippen molar-refractivity contribution in [1.82, 2.24) is 0 Å². The second kappa shape index (κ2) is 8.94. The lowest BCUT2D eigenvalue weighted by molar-refractivity contribution is -0.231. The molecule has 0 amide bonds. The van der Waals surface area contributed by atoms with Crippen LogP contribution in [-0.2, 0) is 0 Å². The smallest absolute Gasteiger partial charge is 0.171 e. The Labute approximate surface area is 122 Å². The van der Waals surface area contributed by atoms with E-state index in [1.54, 1.807) is 6.92 Å². The maximum atomic E-state index is 13.5. The van der Waals surface area contributed by atoms with Crippen LogP contribution in [0, 0.1) is 5.41 Å². The molecule has 0 aromatic carbocycles. The topological polar surface area (TPSA) is 0 Å². The van der Waals surface area contributed by atoms with Crippen LogP contribution < -0.4 is 0 Å². The van der Waals surface area contributed by atoms with Crippen molar-refractivity contribution < 1.29 is 13.2 Å². The van der Waals surface area contributed by atoms with Gasteiger partial charge in [0.25, 0.3) is 0 Å². The molecule has 20 heavy (non-hydrogen) atoms. The van der Waals surface area contributed by atoms with Crippen molar-refractivity contribution in [2.45, 2.75) is 103 Å². The summed E-state index contributed by atoms with van der Waals surface area (Å²) in [4.78, 5) is 0. The average molecular weight is 292 g/mol. The number of halogens is 3. The Morgan fingerprint density at radius 1 is 0.650 bits per heavy atom. The molecule has 1 rings (SSSR count). The van der Waals surface area contributed by atoms with E-state index in [-0.39, 0.29) is 6.42 Å². The molecule has 0 radical (unpaired) electrons. The van der Waals surface area contributed by atoms with E-state index >= 15 is 0 Å². The van der Waals surface area contributed by atoms with E-state index in [2.05, 4.69) is 0 Å². The highest BCUT2D eigenvalue weighted by Gasteiger charge is 2.51. The summed E-state index contributed by atoms with van der Waals surface area (Å²) in [5.74, 6) is 0. The van der Waals surface area contributed by atoms with Gasteiger partial charge >= 0.3 is 6.18 Å². The first kappa shape index (κ1) is 17.8. The van der Waals surface area contributed by atoms with Gasteiger partial charge in [-0.05, 0) is 19.3 Å². The van der Waals surface area contributed by atoms with Gasteiger partial charge in [0.15, 0.2) is 0 Å². The minimum absolute atomic E-state index is 0.247. The van der Waals surface area contributed by atoms with Crippen molar-refractivity contribution in [3.63, 3.8) is 0 Å². The van der Waals surface area contributed by atoms with Crippen molar-refractivity contribution in [2.75, 3.05) is 0 Å². The summed E-state index contributed by atoms with van der Waals surface area (Å²) in [7, 11) is 0. The van der Waals surface area contributed by atoms with Gasteiger partial charge in [0.05, 0.1) is 5.41 Å². The quantitative estimate of drug-likeness (QED) is 0.486. The van der Waals surface area contributed by atoms with Crippen LogP contribution in [0.3, 0.4) is 0 Å². The molecule has 0 saturated heterocycles. The molecule has 0 bridgehead atoms. The van der Waals surface area contributed by atoms with E-state index in [1.165, 1.54) is 32.1 Å². The normalized spacial score (nSPS) is 24.0. The standard InChI is InChI=1S/C17H31F3/c1-2-16(17(18,19)20)14-12-10-8-6-4-3-5-7-9-11-13-15-16/h2-15H2,1H3. The molecular formula is C17H31F3. The molecule has 1 aliphatic carbocycles. The summed E-state index contributed by atoms with van der Waals surface area (Å²) >= 11 is 0. The van der Waals surface area contributed by atoms with Gasteiger partial charge in [-0.15, -0.1) is 0 Å². The van der Waals surface area contributed by atoms with E-state index < -0.39 is 11.6 Å². The predicted octanol–water partition coefficient (Wildman–Crippen LogP) is 7.03. The molecule has 120 valence electrons. The van der Waals surface area contributed by atoms with Crippen molar-refractivity contribution >= 4 is 0 Å². The third-order valence-electron chi connectivity index (χ3n) is 5.09. The minimum Gasteiger partial charge on any atom is -0.171 e. The van der Waals surface area contributed by atoms with Crippen molar-refractivity contribution in [3.8, 4) is 0 Å². The fourth-order valence-corrected chi connectivity index (χ4v) is 3.48. The molecule has 0 aromatic heterocycles. The summed E-state index contributed by atoms with van der Waals surface area (Å²) < 4.78 is 40.4. The van der Waals surface area contributed by atoms with Gasteiger partial charge in [-0.25, -0.2) is 0 Å². The van der Waals surface area contributed by atoms with Crippen LogP contribution >= 0.6 is 0 Å². The van der Waals surface area contributed by atoms with Crippen LogP contribution in [0.4, 0.5) is 13.2 Å². The second-order valence-electron chi connectivity index (χ2n) is 6.52. The van der Waals surface area contributed by atoms with Gasteiger partial charge in [0, 0.05) is 0 Å². The molecule has 0 aromatic rings. The fraction of sp³-hybridized carbons (Fsp3) is 1.00. The van der Waals surface area contributed by atoms with E-state index in [1.807, 2.05) is 0 Å². The van der Waals surface area contributed by atoms with Crippen LogP contribution in [0.15, 0.2) is 0 Å². The molecule has 0 heterocycles. The molecule has 0 spiro atoms. The van der Waals surface area contributed by atoms with Crippen molar-refractivity contribution in [2.24, 2.45) is 5.41 Å². The zero-order valence-corrected chi connectivity index (χ0v) is 13.0. The van der Waals surface area contributed by atoms with Crippen LogP contribution in [0.1, 0.15) is 96.8 Å². The highest BCUT2D eigenvalue weighted by Crippen LogP contribution is 2.49. The molecule has 3 heteroatoms. The molecule has 1 saturated carbocycles. The Morgan fingerprint density at radius 3 is 1.20 bits per heavy atom. The molecule has 1 aliphatic rings. The molecule has 0 aliphatic heterocycles. The summed E-state index contributed by atoms with van der Waals surface area (Å²) in [6.45, 7) is 1.72. The number of hydrogen-bond acceptors (Lipinski definition) is 0. The Morgan fingerprint density at radius 2 is 0.950 bits per heavy atom. The van der Waals surface area contributed by atoms with Gasteiger partial charge < -0.3 is 0 Å². The van der Waals surface area contributed by atoms with Crippen LogP contribution in [0.25, 0.3) is 0 Å². The third-order valence-corrected chi connectivity index (χ3v) is 5.09. The summed E-state index contributed by atoms with van der Waals surface area (Å²) in [6, 6.07) is 0. The van der Waals surface area contributed by atoms with Gasteiger partial charge in [-0.1, -0.05) is 77.6 Å². The van der Waals surface area contributed by atoms with E-state index in [0.717, 1.165) is 38.5 Å². The molecule has 0 nitrogen and oxygen atoms in total. The van der Waals surface area contributed by atoms with Gasteiger partial charge in [0.1, 0.15) is 0 Å². The predicted molar refractivity (Wildman–Crippen MR) is 78.8 cm³/mol. The monoisotopic (exact) mass is 292 g/mol. The lowest BCUT2D eigenvalue weighted by atomic mass is 9.75. The highest BCUT2D eigenvalue weighted by atomic mass is 19.4. The molecular weight excluding hydrogens is 261 g/mol. The fourth-order valence-electron chi connectivity index (χ4n) is 3.48. The molecule has 0 unspecified atom stereocenters. The summed E-state index contributed by atoms with van der Waals surface area (Å²) in [6.07, 6.45) is 8.77. The Balaban J connectivity index is 2.59. The van der Waals surface area contributed by atoms with Gasteiger partial charge in [-0.3, -0.25) is 0 Å². The SMILES string of the molecule is CCC1(C(F)(F)F)CCCCCCCCCCCCC1. The third kappa shape index (κ3) is 5.65. The number of alkyl halides is 3. The van der Waals surface area contributed by atoms with Crippen LogP contribution in [0.5, 0.6) is 0 Å². The van der Waals surface area contributed by atoms with Crippen LogP contribution in [0.2, 0.25) is 0 Å². The minimum atomic E-state index is -4.03. The maximum Gasteiger partial charge on any atom is 0.394 e. The first-order chi connectivity index (χ1) is 9.52. The largest absolute Gasteiger partial charge is 0.394 e. The highest BCUT2D eigenvalue weighted by molar-refractivity contribution is 4.85. The molecule has 1 fully saturated rings. The van der Waals surface area contributed by atoms with E-state index in [9.17, 15) is 13.2 Å². The average Bonchev–Trinajstić information content (AvgIpc) is 2.40. The maximum absolute atomic E-state index is 13.5. The first-order valence-electron chi connectivity index (χ1n) is 8.58. The summed E-state index contributed by atoms with van der Waals surface area (Å²) in [5.41, 5.74) is -1.41. The lowest BCUT2D eigenvalue weighted by Crippen LogP contribution is -2.37. The second-order valence-corrected chi connectivity index (χ2v) is 6.52. The first-order valence-corrected chi connectivity index (χ1v) is 8.58. The van der Waals surface area contributed by atoms with Gasteiger partial charge in [0.2, 0.25) is 0 Å². The molecule has 0 N–H and O–H groups in total. The van der Waals surface area contributed by atoms with E-state index in [4.69, 9.17) is 0 Å². The number of hydrogen-bond donors (Lipinski definition) is 0. The Hall–Kier alpha value is -0.210. The van der Waals surface area contributed by atoms with Gasteiger partial charge in [-0.2, -0.15) is 13.2 Å². The summed E-state index contributed by atoms with van der Waals surface area (Å²) in [5, 5.41) is 0. The molecule has 0 atom stereocenters. The van der Waals surface area contributed by atoms with E-state index in [0.29, 0.717) is 12.8 Å². The van der Waals surface area contributed by atoms with Crippen molar-refractivity contribution in [3.05, 3.63) is 0 Å².